The van der Waals surface area contributed by atoms with E-state index in [0.29, 0.717) is 29.4 Å². The van der Waals surface area contributed by atoms with Gasteiger partial charge in [-0.1, -0.05) is 40.2 Å². The van der Waals surface area contributed by atoms with Gasteiger partial charge in [0, 0.05) is 15.7 Å². The van der Waals surface area contributed by atoms with Crippen molar-refractivity contribution in [2.24, 2.45) is 0 Å². The summed E-state index contributed by atoms with van der Waals surface area (Å²) in [7, 11) is 1.56. The Morgan fingerprint density at radius 2 is 1.91 bits per heavy atom. The highest BCUT2D eigenvalue weighted by molar-refractivity contribution is 14.1. The van der Waals surface area contributed by atoms with Gasteiger partial charge in [0.05, 0.1) is 10.7 Å². The van der Waals surface area contributed by atoms with Crippen LogP contribution in [0.3, 0.4) is 0 Å². The first-order chi connectivity index (χ1) is 15.8. The lowest BCUT2D eigenvalue weighted by Crippen LogP contribution is -2.13. The molecule has 0 spiro atoms. The molecule has 5 nitrogen and oxygen atoms in total. The van der Waals surface area contributed by atoms with E-state index < -0.39 is 5.91 Å². The molecule has 0 aliphatic heterocycles. The minimum atomic E-state index is -0.469. The summed E-state index contributed by atoms with van der Waals surface area (Å²) in [6.45, 7) is 4.34. The smallest absolute Gasteiger partial charge is 0.266 e. The second-order valence-corrected chi connectivity index (χ2v) is 9.35. The van der Waals surface area contributed by atoms with Crippen molar-refractivity contribution in [1.82, 2.24) is 0 Å². The molecule has 0 saturated carbocycles. The normalized spacial score (nSPS) is 11.0. The molecule has 0 fully saturated rings. The quantitative estimate of drug-likeness (QED) is 0.180. The zero-order valence-electron chi connectivity index (χ0n) is 18.4. The minimum absolute atomic E-state index is 0.00651. The summed E-state index contributed by atoms with van der Waals surface area (Å²) < 4.78 is 13.3. The van der Waals surface area contributed by atoms with Crippen LogP contribution in [0.5, 0.6) is 11.5 Å². The van der Waals surface area contributed by atoms with Crippen LogP contribution in [0.1, 0.15) is 22.3 Å². The number of methoxy groups -OCH3 is 1. The van der Waals surface area contributed by atoms with Gasteiger partial charge in [-0.2, -0.15) is 5.26 Å². The van der Waals surface area contributed by atoms with E-state index in [1.54, 1.807) is 19.3 Å². The maximum Gasteiger partial charge on any atom is 0.266 e. The maximum absolute atomic E-state index is 12.7. The van der Waals surface area contributed by atoms with Crippen molar-refractivity contribution in [3.05, 3.63) is 90.5 Å². The molecule has 0 bridgehead atoms. The molecule has 3 aromatic rings. The van der Waals surface area contributed by atoms with Gasteiger partial charge in [0.1, 0.15) is 18.2 Å². The van der Waals surface area contributed by atoms with Gasteiger partial charge in [0.2, 0.25) is 0 Å². The molecule has 0 saturated heterocycles. The molecule has 3 aromatic carbocycles. The molecule has 0 aliphatic rings. The molecule has 168 valence electrons. The van der Waals surface area contributed by atoms with Crippen LogP contribution in [-0.4, -0.2) is 13.0 Å². The molecule has 0 aliphatic carbocycles. The third-order valence-corrected chi connectivity index (χ3v) is 6.60. The van der Waals surface area contributed by atoms with Crippen molar-refractivity contribution >= 4 is 56.2 Å². The van der Waals surface area contributed by atoms with E-state index in [0.717, 1.165) is 24.7 Å². The number of anilines is 1. The average molecular weight is 617 g/mol. The van der Waals surface area contributed by atoms with Gasteiger partial charge in [-0.3, -0.25) is 4.79 Å². The summed E-state index contributed by atoms with van der Waals surface area (Å²) >= 11 is 5.68. The van der Waals surface area contributed by atoms with E-state index in [2.05, 4.69) is 43.8 Å². The lowest BCUT2D eigenvalue weighted by atomic mass is 10.1. The number of ether oxygens (including phenoxy) is 2. The topological polar surface area (TPSA) is 71.3 Å². The van der Waals surface area contributed by atoms with Gasteiger partial charge in [-0.25, -0.2) is 0 Å². The Balaban J connectivity index is 1.83. The Bertz CT molecular complexity index is 1260. The van der Waals surface area contributed by atoms with Crippen LogP contribution in [0.25, 0.3) is 6.08 Å². The van der Waals surface area contributed by atoms with E-state index in [9.17, 15) is 10.1 Å². The number of carbonyl (C=O) groups is 1. The molecule has 0 aromatic heterocycles. The first-order valence-corrected chi connectivity index (χ1v) is 11.9. The molecular formula is C26H22BrIN2O3. The second-order valence-electron chi connectivity index (χ2n) is 7.34. The predicted molar refractivity (Wildman–Crippen MR) is 142 cm³/mol. The molecule has 0 heterocycles. The summed E-state index contributed by atoms with van der Waals surface area (Å²) in [5.41, 5.74) is 4.51. The van der Waals surface area contributed by atoms with Crippen LogP contribution in [-0.2, 0) is 11.4 Å². The summed E-state index contributed by atoms with van der Waals surface area (Å²) in [6, 6.07) is 19.1. The number of hydrogen-bond donors (Lipinski definition) is 1. The van der Waals surface area contributed by atoms with E-state index >= 15 is 0 Å². The molecule has 7 heteroatoms. The molecule has 1 amide bonds. The van der Waals surface area contributed by atoms with Gasteiger partial charge in [0.25, 0.3) is 5.91 Å². The van der Waals surface area contributed by atoms with Crippen LogP contribution in [0.4, 0.5) is 5.69 Å². The number of halogens is 2. The van der Waals surface area contributed by atoms with E-state index in [-0.39, 0.29) is 5.57 Å². The Hall–Kier alpha value is -2.83. The monoisotopic (exact) mass is 616 g/mol. The highest BCUT2D eigenvalue weighted by Gasteiger charge is 2.15. The fraction of sp³-hybridized carbons (Fsp3) is 0.154. The Labute approximate surface area is 215 Å². The van der Waals surface area contributed by atoms with Gasteiger partial charge in [-0.15, -0.1) is 0 Å². The molecule has 0 atom stereocenters. The average Bonchev–Trinajstić information content (AvgIpc) is 2.79. The van der Waals surface area contributed by atoms with E-state index in [1.165, 1.54) is 0 Å². The van der Waals surface area contributed by atoms with Crippen molar-refractivity contribution in [3.8, 4) is 17.6 Å². The van der Waals surface area contributed by atoms with E-state index in [1.807, 2.05) is 68.4 Å². The first-order valence-electron chi connectivity index (χ1n) is 10.1. The summed E-state index contributed by atoms with van der Waals surface area (Å²) in [5, 5.41) is 12.4. The largest absolute Gasteiger partial charge is 0.493 e. The third kappa shape index (κ3) is 6.36. The van der Waals surface area contributed by atoms with Crippen molar-refractivity contribution in [2.75, 3.05) is 12.4 Å². The fourth-order valence-electron chi connectivity index (χ4n) is 3.06. The van der Waals surface area contributed by atoms with Crippen molar-refractivity contribution < 1.29 is 14.3 Å². The number of nitrogens with zero attached hydrogens (tertiary/aromatic N) is 1. The number of hydrogen-bond acceptors (Lipinski definition) is 4. The zero-order chi connectivity index (χ0) is 24.0. The number of rotatable bonds is 7. The van der Waals surface area contributed by atoms with Gasteiger partial charge in [0.15, 0.2) is 11.5 Å². The number of benzene rings is 3. The highest BCUT2D eigenvalue weighted by Crippen LogP contribution is 2.35. The molecule has 0 unspecified atom stereocenters. The van der Waals surface area contributed by atoms with Crippen LogP contribution in [0.2, 0.25) is 0 Å². The van der Waals surface area contributed by atoms with Gasteiger partial charge < -0.3 is 14.8 Å². The molecule has 33 heavy (non-hydrogen) atoms. The first kappa shape index (κ1) is 24.8. The van der Waals surface area contributed by atoms with E-state index in [4.69, 9.17) is 9.47 Å². The molecule has 1 N–H and O–H groups in total. The predicted octanol–water partition coefficient (Wildman–Crippen LogP) is 6.80. The summed E-state index contributed by atoms with van der Waals surface area (Å²) in [4.78, 5) is 12.7. The lowest BCUT2D eigenvalue weighted by molar-refractivity contribution is -0.112. The van der Waals surface area contributed by atoms with Crippen LogP contribution in [0.15, 0.2) is 64.6 Å². The maximum atomic E-state index is 12.7. The fourth-order valence-corrected chi connectivity index (χ4v) is 4.24. The van der Waals surface area contributed by atoms with Crippen LogP contribution in [0, 0.1) is 28.7 Å². The van der Waals surface area contributed by atoms with Crippen molar-refractivity contribution in [3.63, 3.8) is 0 Å². The molecule has 0 radical (unpaired) electrons. The summed E-state index contributed by atoms with van der Waals surface area (Å²) in [6.07, 6.45) is 1.54. The third-order valence-electron chi connectivity index (χ3n) is 5.02. The number of amides is 1. The Morgan fingerprint density at radius 3 is 2.58 bits per heavy atom. The standard InChI is InChI=1S/C26H22BrIN2O3/c1-16-8-9-21(10-17(16)2)30-26(31)20(14-29)11-18-12-23(28)25(24(13-18)32-3)33-15-19-6-4-5-7-22(19)27/h4-13H,15H2,1-3H3,(H,30,31)/b20-11+. The second kappa shape index (κ2) is 11.3. The number of nitriles is 1. The molecule has 3 rings (SSSR count). The van der Waals surface area contributed by atoms with Crippen molar-refractivity contribution in [1.29, 1.82) is 5.26 Å². The lowest BCUT2D eigenvalue weighted by Gasteiger charge is -2.14. The summed E-state index contributed by atoms with van der Waals surface area (Å²) in [5.74, 6) is 0.653. The number of carbonyl (C=O) groups excluding carboxylic acids is 1. The Kier molecular flexibility index (Phi) is 8.53. The zero-order valence-corrected chi connectivity index (χ0v) is 22.2. The van der Waals surface area contributed by atoms with Crippen LogP contribution < -0.4 is 14.8 Å². The van der Waals surface area contributed by atoms with Crippen molar-refractivity contribution in [2.45, 2.75) is 20.5 Å². The number of aryl methyl sites for hydroxylation is 2. The van der Waals surface area contributed by atoms with Crippen LogP contribution >= 0.6 is 38.5 Å². The van der Waals surface area contributed by atoms with Gasteiger partial charge in [-0.05, 0) is 89.5 Å². The number of nitrogens with one attached hydrogen (secondary N) is 1. The SMILES string of the molecule is COc1cc(/C=C(\C#N)C(=O)Nc2ccc(C)c(C)c2)cc(I)c1OCc1ccccc1Br. The van der Waals surface area contributed by atoms with Gasteiger partial charge >= 0.3 is 0 Å². The minimum Gasteiger partial charge on any atom is -0.493 e. The Morgan fingerprint density at radius 1 is 1.15 bits per heavy atom. The molecular weight excluding hydrogens is 595 g/mol. The highest BCUT2D eigenvalue weighted by atomic mass is 127.